The Balaban J connectivity index is 2.27. The third-order valence-electron chi connectivity index (χ3n) is 2.08. The zero-order chi connectivity index (χ0) is 10.1. The molecule has 14 heavy (non-hydrogen) atoms. The molecule has 2 heterocycles. The van der Waals surface area contributed by atoms with Gasteiger partial charge in [0.05, 0.1) is 0 Å². The number of thiol groups is 1. The smallest absolute Gasteiger partial charge is 0.229 e. The van der Waals surface area contributed by atoms with E-state index in [2.05, 4.69) is 17.6 Å². The molecule has 1 aromatic heterocycles. The number of aromatic nitrogens is 1. The van der Waals surface area contributed by atoms with E-state index in [1.807, 2.05) is 0 Å². The second-order valence-electron chi connectivity index (χ2n) is 3.18. The highest BCUT2D eigenvalue weighted by atomic mass is 32.1. The molecule has 2 rings (SSSR count). The van der Waals surface area contributed by atoms with Gasteiger partial charge in [-0.1, -0.05) is 6.07 Å². The summed E-state index contributed by atoms with van der Waals surface area (Å²) in [5.74, 6) is -0.257. The van der Waals surface area contributed by atoms with E-state index < -0.39 is 5.95 Å². The molecule has 1 fully saturated rings. The lowest BCUT2D eigenvalue weighted by molar-refractivity contribution is -0.117. The SMILES string of the molecule is O=C1CC(S)CN1c1cccc(F)n1. The van der Waals surface area contributed by atoms with E-state index in [9.17, 15) is 9.18 Å². The molecule has 0 radical (unpaired) electrons. The third-order valence-corrected chi connectivity index (χ3v) is 2.43. The van der Waals surface area contributed by atoms with Crippen LogP contribution < -0.4 is 4.90 Å². The van der Waals surface area contributed by atoms with Gasteiger partial charge in [-0.25, -0.2) is 4.98 Å². The molecule has 1 saturated heterocycles. The topological polar surface area (TPSA) is 33.2 Å². The molecule has 0 bridgehead atoms. The van der Waals surface area contributed by atoms with Crippen LogP contribution >= 0.6 is 12.6 Å². The van der Waals surface area contributed by atoms with Crippen LogP contribution in [0.4, 0.5) is 10.2 Å². The Hall–Kier alpha value is -1.10. The van der Waals surface area contributed by atoms with Crippen molar-refractivity contribution in [2.75, 3.05) is 11.4 Å². The number of hydrogen-bond acceptors (Lipinski definition) is 3. The van der Waals surface area contributed by atoms with Gasteiger partial charge in [-0.3, -0.25) is 9.69 Å². The number of nitrogens with zero attached hydrogens (tertiary/aromatic N) is 2. The van der Waals surface area contributed by atoms with Gasteiger partial charge in [-0.2, -0.15) is 17.0 Å². The zero-order valence-corrected chi connectivity index (χ0v) is 8.25. The zero-order valence-electron chi connectivity index (χ0n) is 7.35. The molecule has 1 atom stereocenters. The normalized spacial score (nSPS) is 21.7. The van der Waals surface area contributed by atoms with Crippen LogP contribution in [-0.4, -0.2) is 22.7 Å². The van der Waals surface area contributed by atoms with E-state index >= 15 is 0 Å². The van der Waals surface area contributed by atoms with Gasteiger partial charge >= 0.3 is 0 Å². The minimum absolute atomic E-state index is 0.0209. The van der Waals surface area contributed by atoms with Crippen molar-refractivity contribution in [2.45, 2.75) is 11.7 Å². The van der Waals surface area contributed by atoms with Crippen LogP contribution in [0.5, 0.6) is 0 Å². The van der Waals surface area contributed by atoms with Gasteiger partial charge in [0.1, 0.15) is 5.82 Å². The highest BCUT2D eigenvalue weighted by Crippen LogP contribution is 2.21. The molecule has 1 aliphatic heterocycles. The number of pyridine rings is 1. The van der Waals surface area contributed by atoms with Crippen molar-refractivity contribution in [3.05, 3.63) is 24.1 Å². The van der Waals surface area contributed by atoms with Crippen molar-refractivity contribution in [1.82, 2.24) is 4.98 Å². The Morgan fingerprint density at radius 1 is 1.57 bits per heavy atom. The number of halogens is 1. The molecule has 1 amide bonds. The second-order valence-corrected chi connectivity index (χ2v) is 3.91. The molecular formula is C9H9FN2OS. The summed E-state index contributed by atoms with van der Waals surface area (Å²) in [6, 6.07) is 4.41. The number of carbonyl (C=O) groups excluding carboxylic acids is 1. The van der Waals surface area contributed by atoms with Gasteiger partial charge in [0.2, 0.25) is 11.9 Å². The maximum atomic E-state index is 12.8. The van der Waals surface area contributed by atoms with Crippen LogP contribution in [0.15, 0.2) is 18.2 Å². The third kappa shape index (κ3) is 1.72. The fraction of sp³-hybridized carbons (Fsp3) is 0.333. The van der Waals surface area contributed by atoms with Crippen molar-refractivity contribution < 1.29 is 9.18 Å². The van der Waals surface area contributed by atoms with E-state index in [1.54, 1.807) is 6.07 Å². The molecule has 3 nitrogen and oxygen atoms in total. The van der Waals surface area contributed by atoms with Gasteiger partial charge in [-0.15, -0.1) is 0 Å². The maximum absolute atomic E-state index is 12.8. The number of anilines is 1. The highest BCUT2D eigenvalue weighted by Gasteiger charge is 2.29. The largest absolute Gasteiger partial charge is 0.296 e. The molecule has 1 unspecified atom stereocenters. The molecule has 74 valence electrons. The summed E-state index contributed by atoms with van der Waals surface area (Å²) in [5.41, 5.74) is 0. The van der Waals surface area contributed by atoms with Gasteiger partial charge in [0.25, 0.3) is 0 Å². The van der Waals surface area contributed by atoms with Gasteiger partial charge in [0, 0.05) is 18.2 Å². The molecule has 1 aliphatic rings. The average molecular weight is 212 g/mol. The predicted molar refractivity (Wildman–Crippen MR) is 53.9 cm³/mol. The standard InChI is InChI=1S/C9H9FN2OS/c10-7-2-1-3-8(11-7)12-5-6(14)4-9(12)13/h1-3,6,14H,4-5H2. The summed E-state index contributed by atoms with van der Waals surface area (Å²) >= 11 is 4.20. The average Bonchev–Trinajstić information content (AvgIpc) is 2.45. The molecule has 0 saturated carbocycles. The molecule has 0 aliphatic carbocycles. The molecule has 0 N–H and O–H groups in total. The van der Waals surface area contributed by atoms with Gasteiger partial charge < -0.3 is 0 Å². The number of carbonyl (C=O) groups is 1. The minimum Gasteiger partial charge on any atom is -0.296 e. The van der Waals surface area contributed by atoms with E-state index in [1.165, 1.54) is 17.0 Å². The van der Waals surface area contributed by atoms with E-state index in [0.717, 1.165) is 0 Å². The van der Waals surface area contributed by atoms with E-state index in [0.29, 0.717) is 18.8 Å². The monoisotopic (exact) mass is 212 g/mol. The first kappa shape index (κ1) is 9.45. The van der Waals surface area contributed by atoms with Crippen LogP contribution in [0.3, 0.4) is 0 Å². The fourth-order valence-electron chi connectivity index (χ4n) is 1.46. The number of amides is 1. The van der Waals surface area contributed by atoms with Gasteiger partial charge in [-0.05, 0) is 12.1 Å². The molecule has 0 spiro atoms. The first-order valence-corrected chi connectivity index (χ1v) is 4.79. The molecule has 5 heteroatoms. The molecule has 1 aromatic rings. The first-order valence-electron chi connectivity index (χ1n) is 4.28. The summed E-state index contributed by atoms with van der Waals surface area (Å²) in [7, 11) is 0. The summed E-state index contributed by atoms with van der Waals surface area (Å²) in [5, 5.41) is 0.0209. The maximum Gasteiger partial charge on any atom is 0.229 e. The van der Waals surface area contributed by atoms with E-state index in [4.69, 9.17) is 0 Å². The highest BCUT2D eigenvalue weighted by molar-refractivity contribution is 7.81. The summed E-state index contributed by atoms with van der Waals surface area (Å²) in [4.78, 5) is 16.5. The summed E-state index contributed by atoms with van der Waals surface area (Å²) in [6.45, 7) is 0.498. The number of hydrogen-bond donors (Lipinski definition) is 1. The van der Waals surface area contributed by atoms with E-state index in [-0.39, 0.29) is 11.2 Å². The quantitative estimate of drug-likeness (QED) is 0.561. The van der Waals surface area contributed by atoms with Crippen molar-refractivity contribution >= 4 is 24.4 Å². The van der Waals surface area contributed by atoms with Crippen molar-refractivity contribution in [2.24, 2.45) is 0 Å². The number of rotatable bonds is 1. The van der Waals surface area contributed by atoms with Gasteiger partial charge in [0.15, 0.2) is 0 Å². The lowest BCUT2D eigenvalue weighted by atomic mass is 10.4. The van der Waals surface area contributed by atoms with Crippen LogP contribution in [0.2, 0.25) is 0 Å². The lowest BCUT2D eigenvalue weighted by Gasteiger charge is -2.14. The van der Waals surface area contributed by atoms with Crippen molar-refractivity contribution in [3.8, 4) is 0 Å². The van der Waals surface area contributed by atoms with Crippen LogP contribution in [-0.2, 0) is 4.79 Å². The Kier molecular flexibility index (Phi) is 2.41. The Bertz CT molecular complexity index is 372. The Labute approximate surface area is 86.3 Å². The predicted octanol–water partition coefficient (Wildman–Crippen LogP) is 1.26. The lowest BCUT2D eigenvalue weighted by Crippen LogP contribution is -2.25. The summed E-state index contributed by atoms with van der Waals surface area (Å²) < 4.78 is 12.8. The fourth-order valence-corrected chi connectivity index (χ4v) is 1.78. The van der Waals surface area contributed by atoms with Crippen molar-refractivity contribution in [3.63, 3.8) is 0 Å². The van der Waals surface area contributed by atoms with Crippen LogP contribution in [0.1, 0.15) is 6.42 Å². The second kappa shape index (κ2) is 3.57. The Morgan fingerprint density at radius 3 is 2.93 bits per heavy atom. The van der Waals surface area contributed by atoms with Crippen LogP contribution in [0, 0.1) is 5.95 Å². The van der Waals surface area contributed by atoms with Crippen molar-refractivity contribution in [1.29, 1.82) is 0 Å². The Morgan fingerprint density at radius 2 is 2.36 bits per heavy atom. The van der Waals surface area contributed by atoms with Crippen LogP contribution in [0.25, 0.3) is 0 Å². The first-order chi connectivity index (χ1) is 6.66. The molecular weight excluding hydrogens is 203 g/mol. The minimum atomic E-state index is -0.571. The molecule has 0 aromatic carbocycles. The summed E-state index contributed by atoms with van der Waals surface area (Å²) in [6.07, 6.45) is 0.390.